The Hall–Kier alpha value is -1.31. The Bertz CT molecular complexity index is 540. The van der Waals surface area contributed by atoms with E-state index in [2.05, 4.69) is 48.4 Å². The number of nitrogens with two attached hydrogens (primary N) is 1. The predicted octanol–water partition coefficient (Wildman–Crippen LogP) is 2.65. The Labute approximate surface area is 168 Å². The van der Waals surface area contributed by atoms with Crippen molar-refractivity contribution in [1.82, 2.24) is 10.2 Å². The lowest BCUT2D eigenvalue weighted by molar-refractivity contribution is -0.130. The molecule has 0 atom stereocenters. The molecule has 1 aliphatic rings. The van der Waals surface area contributed by atoms with Crippen LogP contribution in [0.1, 0.15) is 32.3 Å². The highest BCUT2D eigenvalue weighted by Crippen LogP contribution is 2.21. The molecular formula is C19H31IN4O. The zero-order valence-electron chi connectivity index (χ0n) is 15.3. The fraction of sp³-hybridized carbons (Fsp3) is 0.579. The van der Waals surface area contributed by atoms with Gasteiger partial charge in [-0.1, -0.05) is 44.2 Å². The van der Waals surface area contributed by atoms with E-state index in [9.17, 15) is 4.79 Å². The maximum atomic E-state index is 12.2. The van der Waals surface area contributed by atoms with Gasteiger partial charge in [0.05, 0.1) is 0 Å². The summed E-state index contributed by atoms with van der Waals surface area (Å²) in [6.45, 7) is 6.76. The molecule has 1 aliphatic heterocycles. The number of aliphatic imine (C=N–C) groups is 1. The van der Waals surface area contributed by atoms with Crippen LogP contribution < -0.4 is 11.1 Å². The minimum atomic E-state index is 0. The van der Waals surface area contributed by atoms with E-state index in [0.717, 1.165) is 38.9 Å². The lowest BCUT2D eigenvalue weighted by Gasteiger charge is -2.31. The van der Waals surface area contributed by atoms with Crippen LogP contribution in [-0.4, -0.2) is 42.9 Å². The summed E-state index contributed by atoms with van der Waals surface area (Å²) < 4.78 is 0. The van der Waals surface area contributed by atoms with Crippen molar-refractivity contribution in [2.24, 2.45) is 22.6 Å². The van der Waals surface area contributed by atoms with E-state index in [1.165, 1.54) is 5.56 Å². The zero-order chi connectivity index (χ0) is 17.4. The van der Waals surface area contributed by atoms with Crippen molar-refractivity contribution in [3.05, 3.63) is 35.9 Å². The monoisotopic (exact) mass is 458 g/mol. The lowest BCUT2D eigenvalue weighted by Crippen LogP contribution is -2.41. The molecule has 0 spiro atoms. The summed E-state index contributed by atoms with van der Waals surface area (Å²) in [5.41, 5.74) is 7.16. The first kappa shape index (κ1) is 21.7. The number of carbonyl (C=O) groups excluding carboxylic acids is 1. The SMILES string of the molecule is CC(C)CNC(N)=NCC(=O)N1CCC(Cc2ccccc2)CC1.I. The van der Waals surface area contributed by atoms with Crippen molar-refractivity contribution < 1.29 is 4.79 Å². The number of hydrogen-bond donors (Lipinski definition) is 2. The van der Waals surface area contributed by atoms with Gasteiger partial charge in [-0.15, -0.1) is 24.0 Å². The summed E-state index contributed by atoms with van der Waals surface area (Å²) in [5.74, 6) is 1.59. The number of benzene rings is 1. The van der Waals surface area contributed by atoms with Crippen LogP contribution in [0.4, 0.5) is 0 Å². The number of carbonyl (C=O) groups is 1. The third kappa shape index (κ3) is 8.07. The number of likely N-dealkylation sites (tertiary alicyclic amines) is 1. The van der Waals surface area contributed by atoms with E-state index in [4.69, 9.17) is 5.73 Å². The summed E-state index contributed by atoms with van der Waals surface area (Å²) in [7, 11) is 0. The van der Waals surface area contributed by atoms with Gasteiger partial charge in [-0.05, 0) is 36.7 Å². The quantitative estimate of drug-likeness (QED) is 0.391. The van der Waals surface area contributed by atoms with Gasteiger partial charge in [0.15, 0.2) is 5.96 Å². The smallest absolute Gasteiger partial charge is 0.244 e. The van der Waals surface area contributed by atoms with E-state index in [-0.39, 0.29) is 36.4 Å². The summed E-state index contributed by atoms with van der Waals surface area (Å²) in [6, 6.07) is 10.6. The van der Waals surface area contributed by atoms with Crippen LogP contribution in [0, 0.1) is 11.8 Å². The number of hydrogen-bond acceptors (Lipinski definition) is 2. The Morgan fingerprint density at radius 3 is 2.52 bits per heavy atom. The van der Waals surface area contributed by atoms with Crippen molar-refractivity contribution in [1.29, 1.82) is 0 Å². The molecule has 0 radical (unpaired) electrons. The molecule has 0 saturated carbocycles. The molecule has 3 N–H and O–H groups in total. The van der Waals surface area contributed by atoms with E-state index < -0.39 is 0 Å². The summed E-state index contributed by atoms with van der Waals surface area (Å²) in [6.07, 6.45) is 3.23. The Morgan fingerprint density at radius 1 is 1.28 bits per heavy atom. The Kier molecular flexibility index (Phi) is 9.85. The van der Waals surface area contributed by atoms with Crippen molar-refractivity contribution >= 4 is 35.8 Å². The number of piperidine rings is 1. The second-order valence-corrected chi connectivity index (χ2v) is 6.99. The van der Waals surface area contributed by atoms with Gasteiger partial charge in [-0.25, -0.2) is 4.99 Å². The van der Waals surface area contributed by atoms with Crippen LogP contribution in [-0.2, 0) is 11.2 Å². The van der Waals surface area contributed by atoms with Crippen LogP contribution in [0.25, 0.3) is 0 Å². The second-order valence-electron chi connectivity index (χ2n) is 6.99. The van der Waals surface area contributed by atoms with E-state index >= 15 is 0 Å². The van der Waals surface area contributed by atoms with Crippen LogP contribution >= 0.6 is 24.0 Å². The topological polar surface area (TPSA) is 70.7 Å². The highest BCUT2D eigenvalue weighted by Gasteiger charge is 2.22. The number of rotatable bonds is 6. The molecule has 6 heteroatoms. The lowest BCUT2D eigenvalue weighted by atomic mass is 9.90. The summed E-state index contributed by atoms with van der Waals surface area (Å²) in [5, 5.41) is 3.03. The molecule has 5 nitrogen and oxygen atoms in total. The number of nitrogens with zero attached hydrogens (tertiary/aromatic N) is 2. The normalized spacial score (nSPS) is 15.8. The molecule has 2 rings (SSSR count). The van der Waals surface area contributed by atoms with Gasteiger partial charge in [0.1, 0.15) is 6.54 Å². The zero-order valence-corrected chi connectivity index (χ0v) is 17.6. The van der Waals surface area contributed by atoms with Gasteiger partial charge in [-0.3, -0.25) is 4.79 Å². The fourth-order valence-corrected chi connectivity index (χ4v) is 2.95. The van der Waals surface area contributed by atoms with Gasteiger partial charge < -0.3 is 16.0 Å². The Morgan fingerprint density at radius 2 is 1.92 bits per heavy atom. The number of nitrogens with one attached hydrogen (secondary N) is 1. The first-order valence-electron chi connectivity index (χ1n) is 8.90. The highest BCUT2D eigenvalue weighted by molar-refractivity contribution is 14.0. The molecule has 0 aliphatic carbocycles. The summed E-state index contributed by atoms with van der Waals surface area (Å²) >= 11 is 0. The minimum Gasteiger partial charge on any atom is -0.370 e. The molecule has 25 heavy (non-hydrogen) atoms. The van der Waals surface area contributed by atoms with Gasteiger partial charge in [0.25, 0.3) is 0 Å². The average Bonchev–Trinajstić information content (AvgIpc) is 2.59. The number of guanidine groups is 1. The highest BCUT2D eigenvalue weighted by atomic mass is 127. The van der Waals surface area contributed by atoms with Gasteiger partial charge in [0, 0.05) is 19.6 Å². The molecule has 0 aromatic heterocycles. The Balaban J connectivity index is 0.00000312. The number of amides is 1. The standard InChI is InChI=1S/C19H30N4O.HI/c1-15(2)13-21-19(20)22-14-18(24)23-10-8-17(9-11-23)12-16-6-4-3-5-7-16;/h3-7,15,17H,8-14H2,1-2H3,(H3,20,21,22);1H. The molecular weight excluding hydrogens is 427 g/mol. The fourth-order valence-electron chi connectivity index (χ4n) is 2.95. The van der Waals surface area contributed by atoms with Crippen LogP contribution in [0.15, 0.2) is 35.3 Å². The molecule has 0 unspecified atom stereocenters. The van der Waals surface area contributed by atoms with E-state index in [0.29, 0.717) is 17.8 Å². The third-order valence-corrected chi connectivity index (χ3v) is 4.41. The van der Waals surface area contributed by atoms with Crippen molar-refractivity contribution in [3.8, 4) is 0 Å². The molecule has 1 aromatic rings. The van der Waals surface area contributed by atoms with E-state index in [1.807, 2.05) is 11.0 Å². The number of halogens is 1. The van der Waals surface area contributed by atoms with E-state index in [1.54, 1.807) is 0 Å². The average molecular weight is 458 g/mol. The first-order valence-corrected chi connectivity index (χ1v) is 8.90. The molecule has 140 valence electrons. The molecule has 1 amide bonds. The molecule has 1 heterocycles. The molecule has 1 saturated heterocycles. The second kappa shape index (κ2) is 11.3. The molecule has 0 bridgehead atoms. The van der Waals surface area contributed by atoms with Crippen molar-refractivity contribution in [2.45, 2.75) is 33.1 Å². The maximum absolute atomic E-state index is 12.2. The van der Waals surface area contributed by atoms with Gasteiger partial charge >= 0.3 is 0 Å². The molecule has 1 fully saturated rings. The van der Waals surface area contributed by atoms with Gasteiger partial charge in [0.2, 0.25) is 5.91 Å². The van der Waals surface area contributed by atoms with Crippen LogP contribution in [0.5, 0.6) is 0 Å². The van der Waals surface area contributed by atoms with Gasteiger partial charge in [-0.2, -0.15) is 0 Å². The molecule has 1 aromatic carbocycles. The van der Waals surface area contributed by atoms with Crippen molar-refractivity contribution in [3.63, 3.8) is 0 Å². The van der Waals surface area contributed by atoms with Crippen molar-refractivity contribution in [2.75, 3.05) is 26.2 Å². The largest absolute Gasteiger partial charge is 0.370 e. The minimum absolute atomic E-state index is 0. The maximum Gasteiger partial charge on any atom is 0.244 e. The van der Waals surface area contributed by atoms with Crippen LogP contribution in [0.3, 0.4) is 0 Å². The first-order chi connectivity index (χ1) is 11.5. The summed E-state index contributed by atoms with van der Waals surface area (Å²) in [4.78, 5) is 18.3. The third-order valence-electron chi connectivity index (χ3n) is 4.41. The predicted molar refractivity (Wildman–Crippen MR) is 114 cm³/mol. The van der Waals surface area contributed by atoms with Crippen LogP contribution in [0.2, 0.25) is 0 Å².